The van der Waals surface area contributed by atoms with E-state index in [1.54, 1.807) is 0 Å². The van der Waals surface area contributed by atoms with E-state index < -0.39 is 17.9 Å². The molecule has 3 aromatic carbocycles. The van der Waals surface area contributed by atoms with Gasteiger partial charge in [-0.05, 0) is 78.3 Å². The predicted octanol–water partition coefficient (Wildman–Crippen LogP) is 7.92. The molecule has 47 heavy (non-hydrogen) atoms. The second kappa shape index (κ2) is 16.2. The van der Waals surface area contributed by atoms with Crippen molar-refractivity contribution in [3.05, 3.63) is 111 Å². The van der Waals surface area contributed by atoms with Crippen LogP contribution in [0.4, 0.5) is 18.9 Å². The highest BCUT2D eigenvalue weighted by atomic mass is 35.5. The number of alkyl halides is 1. The topological polar surface area (TPSA) is 105 Å². The summed E-state index contributed by atoms with van der Waals surface area (Å²) in [6, 6.07) is 18.1. The molecule has 4 aromatic rings. The van der Waals surface area contributed by atoms with E-state index in [0.717, 1.165) is 28.3 Å². The quantitative estimate of drug-likeness (QED) is 0.0358. The molecule has 4 atom stereocenters. The average molecular weight is 668 g/mol. The number of rotatable bonds is 14. The molecule has 0 saturated carbocycles. The van der Waals surface area contributed by atoms with Crippen LogP contribution in [-0.2, 0) is 0 Å². The Morgan fingerprint density at radius 1 is 1.00 bits per heavy atom. The minimum atomic E-state index is -1.37. The molecular formula is C36H41ClF3N5O2. The third-order valence-electron chi connectivity index (χ3n) is 8.31. The first kappa shape index (κ1) is 35.9. The lowest BCUT2D eigenvalue weighted by atomic mass is 9.88. The Labute approximate surface area is 279 Å². The molecule has 11 heteroatoms. The van der Waals surface area contributed by atoms with Gasteiger partial charge in [0.05, 0.1) is 29.2 Å². The molecule has 4 rings (SSSR count). The van der Waals surface area contributed by atoms with Crippen LogP contribution in [0.15, 0.2) is 65.7 Å². The number of nitrogen functional groups attached to an aromatic ring is 1. The van der Waals surface area contributed by atoms with Crippen molar-refractivity contribution in [2.75, 3.05) is 32.5 Å². The van der Waals surface area contributed by atoms with Crippen LogP contribution in [0.25, 0.3) is 11.3 Å². The number of hydrogen-bond acceptors (Lipinski definition) is 7. The van der Waals surface area contributed by atoms with Gasteiger partial charge in [0, 0.05) is 42.9 Å². The van der Waals surface area contributed by atoms with Gasteiger partial charge in [-0.3, -0.25) is 9.98 Å². The first-order chi connectivity index (χ1) is 22.5. The number of nitrogens with two attached hydrogens (primary N) is 1. The largest absolute Gasteiger partial charge is 0.495 e. The average Bonchev–Trinajstić information content (AvgIpc) is 3.06. The number of benzene rings is 3. The Bertz CT molecular complexity index is 1700. The number of aromatic nitrogens is 1. The molecule has 0 fully saturated rings. The number of pyridine rings is 1. The highest BCUT2D eigenvalue weighted by Gasteiger charge is 2.24. The fourth-order valence-electron chi connectivity index (χ4n) is 5.61. The summed E-state index contributed by atoms with van der Waals surface area (Å²) >= 11 is 6.34. The van der Waals surface area contributed by atoms with Crippen LogP contribution in [0.1, 0.15) is 72.0 Å². The van der Waals surface area contributed by atoms with Crippen molar-refractivity contribution < 1.29 is 23.1 Å². The highest BCUT2D eigenvalue weighted by Crippen LogP contribution is 2.37. The van der Waals surface area contributed by atoms with E-state index in [4.69, 9.17) is 27.1 Å². The number of hydroxylamine groups is 1. The van der Waals surface area contributed by atoms with Gasteiger partial charge in [-0.15, -0.1) is 0 Å². The summed E-state index contributed by atoms with van der Waals surface area (Å²) in [4.78, 5) is 8.87. The molecule has 7 nitrogen and oxygen atoms in total. The first-order valence-corrected chi connectivity index (χ1v) is 15.8. The molecule has 0 aliphatic carbocycles. The van der Waals surface area contributed by atoms with Crippen LogP contribution in [0, 0.1) is 18.6 Å². The van der Waals surface area contributed by atoms with Crippen LogP contribution in [0.5, 0.6) is 5.75 Å². The molecule has 0 saturated heterocycles. The smallest absolute Gasteiger partial charge is 0.187 e. The first-order valence-electron chi connectivity index (χ1n) is 15.4. The lowest BCUT2D eigenvalue weighted by molar-refractivity contribution is 0.161. The molecule has 250 valence electrons. The summed E-state index contributed by atoms with van der Waals surface area (Å²) in [7, 11) is 1.53. The van der Waals surface area contributed by atoms with Gasteiger partial charge in [-0.25, -0.2) is 18.7 Å². The minimum absolute atomic E-state index is 0.00428. The Morgan fingerprint density at radius 3 is 2.38 bits per heavy atom. The zero-order valence-electron chi connectivity index (χ0n) is 27.1. The number of methoxy groups -OCH3 is 1. The maximum Gasteiger partial charge on any atom is 0.187 e. The van der Waals surface area contributed by atoms with E-state index in [9.17, 15) is 18.4 Å². The van der Waals surface area contributed by atoms with Crippen molar-refractivity contribution in [3.63, 3.8) is 0 Å². The molecule has 0 bridgehead atoms. The van der Waals surface area contributed by atoms with Gasteiger partial charge >= 0.3 is 0 Å². The molecule has 0 spiro atoms. The maximum absolute atomic E-state index is 14.6. The molecule has 0 radical (unpaired) electrons. The predicted molar refractivity (Wildman–Crippen MR) is 183 cm³/mol. The third kappa shape index (κ3) is 8.50. The minimum Gasteiger partial charge on any atom is -0.495 e. The second-order valence-corrected chi connectivity index (χ2v) is 12.1. The number of anilines is 1. The third-order valence-corrected chi connectivity index (χ3v) is 8.68. The van der Waals surface area contributed by atoms with Crippen LogP contribution in [0.2, 0.25) is 5.02 Å². The van der Waals surface area contributed by atoms with Crippen LogP contribution in [0.3, 0.4) is 0 Å². The summed E-state index contributed by atoms with van der Waals surface area (Å²) in [5.41, 5.74) is 14.4. The van der Waals surface area contributed by atoms with Gasteiger partial charge in [0.2, 0.25) is 0 Å². The molecule has 0 aliphatic rings. The zero-order chi connectivity index (χ0) is 34.2. The van der Waals surface area contributed by atoms with E-state index in [-0.39, 0.29) is 34.9 Å². The number of ether oxygens (including phenoxy) is 1. The molecule has 4 unspecified atom stereocenters. The fourth-order valence-corrected chi connectivity index (χ4v) is 5.85. The molecule has 1 heterocycles. The molecule has 1 aromatic heterocycles. The number of nitrogens with zero attached hydrogens (tertiary/aromatic N) is 2. The Morgan fingerprint density at radius 2 is 1.72 bits per heavy atom. The standard InChI is InChI=1S/C36H41ClF3N5O2/c1-20(25-13-26(18-43-23(4)38)35(41)32(14-25)47-5)16-42-19-29(24-9-7-6-8-10-24)31-15-28(21(2)17-44-46)22(3)36(45-31)27-11-12-30(39)34(40)33(27)37/h6-15,18,20-21,23,29,42,44,46H,16-17,19,41H2,1-5H3/b43-18+. The molecule has 5 N–H and O–H groups in total. The van der Waals surface area contributed by atoms with Crippen LogP contribution >= 0.6 is 11.6 Å². The van der Waals surface area contributed by atoms with Crippen LogP contribution < -0.4 is 21.3 Å². The molecule has 0 amide bonds. The van der Waals surface area contributed by atoms with Crippen LogP contribution in [-0.4, -0.2) is 49.4 Å². The van der Waals surface area contributed by atoms with Gasteiger partial charge in [0.25, 0.3) is 0 Å². The summed E-state index contributed by atoms with van der Waals surface area (Å²) in [6.07, 6.45) is 0.0537. The van der Waals surface area contributed by atoms with Gasteiger partial charge in [-0.1, -0.05) is 55.8 Å². The maximum atomic E-state index is 14.6. The number of aliphatic imine (C=N–C) groups is 1. The number of nitrogens with one attached hydrogen (secondary N) is 2. The Kier molecular flexibility index (Phi) is 12.4. The zero-order valence-corrected chi connectivity index (χ0v) is 27.9. The fraction of sp³-hybridized carbons (Fsp3) is 0.333. The van der Waals surface area contributed by atoms with E-state index in [1.807, 2.05) is 62.4 Å². The van der Waals surface area contributed by atoms with E-state index in [2.05, 4.69) is 22.7 Å². The second-order valence-electron chi connectivity index (χ2n) is 11.7. The van der Waals surface area contributed by atoms with Crippen molar-refractivity contribution in [3.8, 4) is 17.0 Å². The summed E-state index contributed by atoms with van der Waals surface area (Å²) in [5, 5.41) is 12.7. The number of hydrogen-bond donors (Lipinski definition) is 4. The van der Waals surface area contributed by atoms with Gasteiger partial charge in [-0.2, -0.15) is 0 Å². The van der Waals surface area contributed by atoms with Gasteiger partial charge in [0.1, 0.15) is 5.75 Å². The monoisotopic (exact) mass is 667 g/mol. The highest BCUT2D eigenvalue weighted by molar-refractivity contribution is 6.33. The Balaban J connectivity index is 1.72. The van der Waals surface area contributed by atoms with Crippen molar-refractivity contribution in [2.45, 2.75) is 51.7 Å². The van der Waals surface area contributed by atoms with E-state index >= 15 is 0 Å². The van der Waals surface area contributed by atoms with Gasteiger partial charge < -0.3 is 21.0 Å². The van der Waals surface area contributed by atoms with Crippen molar-refractivity contribution >= 4 is 23.5 Å². The summed E-state index contributed by atoms with van der Waals surface area (Å²) < 4.78 is 47.6. The Hall–Kier alpha value is -3.96. The lowest BCUT2D eigenvalue weighted by Gasteiger charge is -2.24. The lowest BCUT2D eigenvalue weighted by Crippen LogP contribution is -2.27. The summed E-state index contributed by atoms with van der Waals surface area (Å²) in [5.74, 6) is -2.07. The van der Waals surface area contributed by atoms with Crippen molar-refractivity contribution in [1.29, 1.82) is 0 Å². The van der Waals surface area contributed by atoms with Crippen molar-refractivity contribution in [1.82, 2.24) is 15.8 Å². The molecule has 0 aliphatic heterocycles. The van der Waals surface area contributed by atoms with E-state index in [1.165, 1.54) is 26.3 Å². The summed E-state index contributed by atoms with van der Waals surface area (Å²) in [6.45, 7) is 8.54. The normalized spacial score (nSPS) is 14.3. The van der Waals surface area contributed by atoms with Gasteiger partial charge in [0.15, 0.2) is 17.9 Å². The molecular weight excluding hydrogens is 627 g/mol. The number of halogens is 4. The SMILES string of the molecule is COc1cc(C(C)CNCC(c2ccccc2)c2cc(C(C)CNO)c(C)c(-c3ccc(F)c(F)c3Cl)n2)cc(/C=N/C(C)F)c1N. The van der Waals surface area contributed by atoms with E-state index in [0.29, 0.717) is 41.5 Å². The van der Waals surface area contributed by atoms with Crippen molar-refractivity contribution in [2.24, 2.45) is 4.99 Å².